The van der Waals surface area contributed by atoms with Crippen molar-refractivity contribution < 1.29 is 4.74 Å². The number of aromatic nitrogens is 2. The Morgan fingerprint density at radius 3 is 2.80 bits per heavy atom. The molecule has 2 N–H and O–H groups in total. The molecule has 0 aliphatic carbocycles. The fourth-order valence-electron chi connectivity index (χ4n) is 2.36. The minimum absolute atomic E-state index is 0.443. The van der Waals surface area contributed by atoms with Gasteiger partial charge in [-0.1, -0.05) is 23.7 Å². The molecule has 0 saturated carbocycles. The average molecular weight is 288 g/mol. The zero-order valence-electron chi connectivity index (χ0n) is 11.2. The Balaban J connectivity index is 2.32. The molecule has 0 radical (unpaired) electrons. The van der Waals surface area contributed by atoms with E-state index in [1.165, 1.54) is 0 Å². The maximum Gasteiger partial charge on any atom is 0.205 e. The van der Waals surface area contributed by atoms with Crippen molar-refractivity contribution in [1.29, 1.82) is 0 Å². The number of aryl methyl sites for hydroxylation is 1. The van der Waals surface area contributed by atoms with Gasteiger partial charge in [-0.2, -0.15) is 0 Å². The van der Waals surface area contributed by atoms with Crippen molar-refractivity contribution in [2.24, 2.45) is 0 Å². The van der Waals surface area contributed by atoms with Crippen LogP contribution in [0.2, 0.25) is 5.02 Å². The van der Waals surface area contributed by atoms with Gasteiger partial charge in [0, 0.05) is 6.07 Å². The van der Waals surface area contributed by atoms with Gasteiger partial charge in [-0.15, -0.1) is 0 Å². The molecule has 0 bridgehead atoms. The first-order chi connectivity index (χ1) is 9.61. The van der Waals surface area contributed by atoms with Crippen LogP contribution in [0.4, 0.5) is 5.95 Å². The van der Waals surface area contributed by atoms with E-state index in [0.29, 0.717) is 16.7 Å². The maximum absolute atomic E-state index is 6.07. The topological polar surface area (TPSA) is 53.1 Å². The van der Waals surface area contributed by atoms with Gasteiger partial charge < -0.3 is 10.5 Å². The second kappa shape index (κ2) is 4.72. The Labute approximate surface area is 121 Å². The first-order valence-corrected chi connectivity index (χ1v) is 6.57. The second-order valence-corrected chi connectivity index (χ2v) is 4.97. The van der Waals surface area contributed by atoms with Crippen LogP contribution in [-0.4, -0.2) is 16.7 Å². The fraction of sp³-hybridized carbons (Fsp3) is 0.133. The smallest absolute Gasteiger partial charge is 0.205 e. The molecule has 0 aliphatic rings. The molecule has 0 saturated heterocycles. The van der Waals surface area contributed by atoms with Crippen LogP contribution in [0.1, 0.15) is 5.56 Å². The molecular formula is C15H14ClN3O. The van der Waals surface area contributed by atoms with E-state index in [2.05, 4.69) is 4.98 Å². The number of para-hydroxylation sites is 1. The number of hydrogen-bond donors (Lipinski definition) is 1. The van der Waals surface area contributed by atoms with Crippen molar-refractivity contribution in [2.75, 3.05) is 12.8 Å². The number of nitrogens with zero attached hydrogens (tertiary/aromatic N) is 2. The first-order valence-electron chi connectivity index (χ1n) is 6.19. The summed E-state index contributed by atoms with van der Waals surface area (Å²) in [6, 6.07) is 11.5. The van der Waals surface area contributed by atoms with Crippen LogP contribution in [-0.2, 0) is 0 Å². The Morgan fingerprint density at radius 2 is 2.05 bits per heavy atom. The number of ether oxygens (including phenoxy) is 1. The van der Waals surface area contributed by atoms with E-state index in [0.717, 1.165) is 22.3 Å². The zero-order valence-corrected chi connectivity index (χ0v) is 12.0. The average Bonchev–Trinajstić information content (AvgIpc) is 2.77. The largest absolute Gasteiger partial charge is 0.495 e. The number of anilines is 1. The van der Waals surface area contributed by atoms with Crippen LogP contribution in [0.3, 0.4) is 0 Å². The third-order valence-electron chi connectivity index (χ3n) is 3.30. The highest BCUT2D eigenvalue weighted by Crippen LogP contribution is 2.31. The van der Waals surface area contributed by atoms with Crippen LogP contribution in [0.15, 0.2) is 36.4 Å². The highest BCUT2D eigenvalue weighted by Gasteiger charge is 2.13. The monoisotopic (exact) mass is 287 g/mol. The van der Waals surface area contributed by atoms with Gasteiger partial charge in [-0.05, 0) is 30.7 Å². The van der Waals surface area contributed by atoms with Crippen molar-refractivity contribution >= 4 is 28.6 Å². The predicted molar refractivity (Wildman–Crippen MR) is 81.8 cm³/mol. The fourth-order valence-corrected chi connectivity index (χ4v) is 2.56. The lowest BCUT2D eigenvalue weighted by molar-refractivity contribution is 0.415. The summed E-state index contributed by atoms with van der Waals surface area (Å²) >= 11 is 6.07. The van der Waals surface area contributed by atoms with Gasteiger partial charge in [0.2, 0.25) is 5.95 Å². The molecule has 4 nitrogen and oxygen atoms in total. The summed E-state index contributed by atoms with van der Waals surface area (Å²) in [5.74, 6) is 1.05. The van der Waals surface area contributed by atoms with E-state index in [1.54, 1.807) is 13.2 Å². The number of halogens is 1. The minimum Gasteiger partial charge on any atom is -0.495 e. The van der Waals surface area contributed by atoms with Crippen LogP contribution in [0, 0.1) is 6.92 Å². The number of benzene rings is 2. The molecule has 0 unspecified atom stereocenters. The number of hydrogen-bond acceptors (Lipinski definition) is 3. The van der Waals surface area contributed by atoms with Gasteiger partial charge in [-0.3, -0.25) is 4.57 Å². The van der Waals surface area contributed by atoms with Crippen molar-refractivity contribution in [3.8, 4) is 11.4 Å². The lowest BCUT2D eigenvalue weighted by atomic mass is 10.2. The van der Waals surface area contributed by atoms with Crippen LogP contribution < -0.4 is 10.5 Å². The van der Waals surface area contributed by atoms with Crippen molar-refractivity contribution in [2.45, 2.75) is 6.92 Å². The second-order valence-electron chi connectivity index (χ2n) is 4.57. The van der Waals surface area contributed by atoms with Crippen molar-refractivity contribution in [3.63, 3.8) is 0 Å². The lowest BCUT2D eigenvalue weighted by Gasteiger charge is -2.10. The molecule has 0 aliphatic heterocycles. The van der Waals surface area contributed by atoms with Gasteiger partial charge in [0.25, 0.3) is 0 Å². The van der Waals surface area contributed by atoms with E-state index in [9.17, 15) is 0 Å². The molecule has 20 heavy (non-hydrogen) atoms. The molecule has 0 atom stereocenters. The summed E-state index contributed by atoms with van der Waals surface area (Å²) in [7, 11) is 1.59. The summed E-state index contributed by atoms with van der Waals surface area (Å²) in [6.07, 6.45) is 0. The number of nitrogens with two attached hydrogens (primary N) is 1. The zero-order chi connectivity index (χ0) is 14.3. The number of fused-ring (bicyclic) bond motifs is 1. The molecule has 1 heterocycles. The first kappa shape index (κ1) is 12.8. The summed E-state index contributed by atoms with van der Waals surface area (Å²) in [4.78, 5) is 4.40. The van der Waals surface area contributed by atoms with Gasteiger partial charge in [0.1, 0.15) is 5.75 Å². The number of imidazole rings is 1. The molecule has 0 spiro atoms. The Bertz CT molecular complexity index is 795. The minimum atomic E-state index is 0.443. The molecule has 3 aromatic rings. The highest BCUT2D eigenvalue weighted by molar-refractivity contribution is 6.32. The molecule has 1 aromatic heterocycles. The molecule has 2 aromatic carbocycles. The molecule has 3 rings (SSSR count). The van der Waals surface area contributed by atoms with Gasteiger partial charge in [-0.25, -0.2) is 4.98 Å². The van der Waals surface area contributed by atoms with Gasteiger partial charge in [0.05, 0.1) is 28.9 Å². The molecular weight excluding hydrogens is 274 g/mol. The number of methoxy groups -OCH3 is 1. The van der Waals surface area contributed by atoms with Gasteiger partial charge >= 0.3 is 0 Å². The standard InChI is InChI=1S/C15H14ClN3O/c1-9-4-3-5-12-14(9)19(15(17)18-12)10-6-7-11(16)13(8-10)20-2/h3-8H,1-2H3,(H2,17,18). The predicted octanol–water partition coefficient (Wildman–Crippen LogP) is 3.58. The van der Waals surface area contributed by atoms with E-state index in [4.69, 9.17) is 22.1 Å². The summed E-state index contributed by atoms with van der Waals surface area (Å²) in [5.41, 5.74) is 9.92. The maximum atomic E-state index is 6.07. The number of nitrogen functional groups attached to an aromatic ring is 1. The normalized spacial score (nSPS) is 10.9. The van der Waals surface area contributed by atoms with E-state index < -0.39 is 0 Å². The quantitative estimate of drug-likeness (QED) is 0.784. The van der Waals surface area contributed by atoms with Gasteiger partial charge in [0.15, 0.2) is 0 Å². The lowest BCUT2D eigenvalue weighted by Crippen LogP contribution is -2.01. The Hall–Kier alpha value is -2.20. The third kappa shape index (κ3) is 1.89. The van der Waals surface area contributed by atoms with Crippen molar-refractivity contribution in [1.82, 2.24) is 9.55 Å². The summed E-state index contributed by atoms with van der Waals surface area (Å²) in [5, 5.41) is 0.566. The van der Waals surface area contributed by atoms with Crippen molar-refractivity contribution in [3.05, 3.63) is 47.0 Å². The highest BCUT2D eigenvalue weighted by atomic mass is 35.5. The Kier molecular flexibility index (Phi) is 3.03. The summed E-state index contributed by atoms with van der Waals surface area (Å²) < 4.78 is 7.17. The SMILES string of the molecule is COc1cc(-n2c(N)nc3cccc(C)c32)ccc1Cl. The molecule has 5 heteroatoms. The van der Waals surface area contributed by atoms with E-state index in [1.807, 2.05) is 41.8 Å². The summed E-state index contributed by atoms with van der Waals surface area (Å²) in [6.45, 7) is 2.03. The van der Waals surface area contributed by atoms with Crippen LogP contribution >= 0.6 is 11.6 Å². The van der Waals surface area contributed by atoms with Crippen LogP contribution in [0.5, 0.6) is 5.75 Å². The Morgan fingerprint density at radius 1 is 1.25 bits per heavy atom. The van der Waals surface area contributed by atoms with Crippen LogP contribution in [0.25, 0.3) is 16.7 Å². The third-order valence-corrected chi connectivity index (χ3v) is 3.61. The molecule has 0 amide bonds. The molecule has 102 valence electrons. The molecule has 0 fully saturated rings. The van der Waals surface area contributed by atoms with E-state index >= 15 is 0 Å². The number of rotatable bonds is 2. The van der Waals surface area contributed by atoms with E-state index in [-0.39, 0.29) is 0 Å².